The molecule has 1 aromatic carbocycles. The normalized spacial score (nSPS) is 11.1. The van der Waals surface area contributed by atoms with E-state index < -0.39 is 0 Å². The summed E-state index contributed by atoms with van der Waals surface area (Å²) in [5, 5.41) is 0. The smallest absolute Gasteiger partial charge is 0.178 e. The second kappa shape index (κ2) is 6.73. The fraction of sp³-hybridized carbons (Fsp3) is 0.500. The predicted octanol–water partition coefficient (Wildman–Crippen LogP) is 3.52. The van der Waals surface area contributed by atoms with Crippen LogP contribution in [-0.4, -0.2) is 30.4 Å². The largest absolute Gasteiger partial charge is 0.497 e. The minimum absolute atomic E-state index is 0.773. The van der Waals surface area contributed by atoms with E-state index in [0.717, 1.165) is 54.0 Å². The zero-order valence-electron chi connectivity index (χ0n) is 11.4. The Balaban J connectivity index is 2.10. The Hall–Kier alpha value is -1.33. The molecule has 2 rings (SSSR count). The molecule has 19 heavy (non-hydrogen) atoms. The van der Waals surface area contributed by atoms with Crippen molar-refractivity contribution >= 4 is 23.3 Å². The molecule has 4 nitrogen and oxygen atoms in total. The summed E-state index contributed by atoms with van der Waals surface area (Å²) in [4.78, 5) is 3.23. The predicted molar refractivity (Wildman–Crippen MR) is 79.4 cm³/mol. The molecule has 5 heteroatoms. The van der Waals surface area contributed by atoms with Gasteiger partial charge >= 0.3 is 0 Å². The molecule has 2 aromatic rings. The number of nitrogens with zero attached hydrogens (tertiary/aromatic N) is 1. The number of fused-ring (bicyclic) bond motifs is 1. The first-order valence-electron chi connectivity index (χ1n) is 6.51. The highest BCUT2D eigenvalue weighted by atomic mass is 32.1. The summed E-state index contributed by atoms with van der Waals surface area (Å²) in [6, 6.07) is 5.99. The van der Waals surface area contributed by atoms with Crippen molar-refractivity contribution in [1.82, 2.24) is 9.55 Å². The van der Waals surface area contributed by atoms with Crippen LogP contribution in [0.2, 0.25) is 0 Å². The summed E-state index contributed by atoms with van der Waals surface area (Å²) in [7, 11) is 3.41. The average molecular weight is 280 g/mol. The van der Waals surface area contributed by atoms with Crippen molar-refractivity contribution in [2.24, 2.45) is 0 Å². The average Bonchev–Trinajstić information content (AvgIpc) is 2.73. The van der Waals surface area contributed by atoms with E-state index >= 15 is 0 Å². The molecule has 0 bridgehead atoms. The monoisotopic (exact) mass is 280 g/mol. The van der Waals surface area contributed by atoms with E-state index in [9.17, 15) is 0 Å². The van der Waals surface area contributed by atoms with E-state index in [1.54, 1.807) is 14.2 Å². The van der Waals surface area contributed by atoms with Gasteiger partial charge in [0, 0.05) is 26.3 Å². The van der Waals surface area contributed by atoms with Gasteiger partial charge in [-0.25, -0.2) is 0 Å². The third-order valence-corrected chi connectivity index (χ3v) is 3.53. The number of rotatable bonds is 7. The molecule has 0 spiro atoms. The summed E-state index contributed by atoms with van der Waals surface area (Å²) < 4.78 is 13.2. The van der Waals surface area contributed by atoms with Gasteiger partial charge in [-0.2, -0.15) is 0 Å². The van der Waals surface area contributed by atoms with E-state index in [1.807, 2.05) is 12.1 Å². The molecule has 0 radical (unpaired) electrons. The quantitative estimate of drug-likeness (QED) is 0.623. The molecular formula is C14H20N2O2S. The maximum Gasteiger partial charge on any atom is 0.178 e. The summed E-state index contributed by atoms with van der Waals surface area (Å²) in [6.07, 6.45) is 3.36. The molecule has 104 valence electrons. The van der Waals surface area contributed by atoms with Crippen molar-refractivity contribution in [2.75, 3.05) is 20.8 Å². The minimum Gasteiger partial charge on any atom is -0.497 e. The molecular weight excluding hydrogens is 260 g/mol. The lowest BCUT2D eigenvalue weighted by Crippen LogP contribution is -1.99. The van der Waals surface area contributed by atoms with Crippen molar-refractivity contribution < 1.29 is 9.47 Å². The van der Waals surface area contributed by atoms with E-state index in [-0.39, 0.29) is 0 Å². The van der Waals surface area contributed by atoms with Crippen molar-refractivity contribution in [2.45, 2.75) is 25.8 Å². The number of aryl methyl sites for hydroxylation is 1. The van der Waals surface area contributed by atoms with Gasteiger partial charge in [-0.1, -0.05) is 0 Å². The Bertz CT molecular complexity index is 589. The Morgan fingerprint density at radius 1 is 1.21 bits per heavy atom. The zero-order valence-corrected chi connectivity index (χ0v) is 12.3. The van der Waals surface area contributed by atoms with Crippen LogP contribution in [0.1, 0.15) is 19.3 Å². The lowest BCUT2D eigenvalue weighted by Gasteiger charge is -2.05. The van der Waals surface area contributed by atoms with E-state index in [0.29, 0.717) is 0 Å². The molecule has 1 aromatic heterocycles. The Labute approximate surface area is 118 Å². The molecule has 0 unspecified atom stereocenters. The molecule has 0 aliphatic carbocycles. The van der Waals surface area contributed by atoms with Crippen LogP contribution in [-0.2, 0) is 11.3 Å². The number of hydrogen-bond donors (Lipinski definition) is 1. The van der Waals surface area contributed by atoms with Crippen LogP contribution < -0.4 is 4.74 Å². The third-order valence-electron chi connectivity index (χ3n) is 3.21. The number of benzene rings is 1. The van der Waals surface area contributed by atoms with Crippen molar-refractivity contribution in [3.05, 3.63) is 23.0 Å². The van der Waals surface area contributed by atoms with Crippen LogP contribution in [0.25, 0.3) is 11.0 Å². The Kier molecular flexibility index (Phi) is 4.99. The Morgan fingerprint density at radius 2 is 2.05 bits per heavy atom. The highest BCUT2D eigenvalue weighted by Crippen LogP contribution is 2.21. The standard InChI is InChI=1S/C14H20N2O2S/c1-17-9-5-3-4-8-16-13-7-6-11(18-2)10-12(13)15-14(16)19/h6-7,10H,3-5,8-9H2,1-2H3,(H,15,19). The number of imidazole rings is 1. The number of aromatic nitrogens is 2. The molecule has 0 aliphatic heterocycles. The number of unbranched alkanes of at least 4 members (excludes halogenated alkanes) is 2. The molecule has 1 heterocycles. The number of nitrogens with one attached hydrogen (secondary N) is 1. The second-order valence-corrected chi connectivity index (χ2v) is 4.91. The second-order valence-electron chi connectivity index (χ2n) is 4.52. The number of ether oxygens (including phenoxy) is 2. The van der Waals surface area contributed by atoms with Crippen LogP contribution in [0.4, 0.5) is 0 Å². The van der Waals surface area contributed by atoms with E-state index in [4.69, 9.17) is 21.7 Å². The highest BCUT2D eigenvalue weighted by Gasteiger charge is 2.05. The van der Waals surface area contributed by atoms with Gasteiger partial charge in [-0.05, 0) is 43.6 Å². The van der Waals surface area contributed by atoms with E-state index in [1.165, 1.54) is 0 Å². The van der Waals surface area contributed by atoms with Crippen molar-refractivity contribution in [3.63, 3.8) is 0 Å². The third kappa shape index (κ3) is 3.36. The first-order valence-corrected chi connectivity index (χ1v) is 6.92. The first-order chi connectivity index (χ1) is 9.26. The zero-order chi connectivity index (χ0) is 13.7. The summed E-state index contributed by atoms with van der Waals surface area (Å²) in [5.74, 6) is 0.844. The van der Waals surface area contributed by atoms with Gasteiger partial charge in [-0.15, -0.1) is 0 Å². The minimum atomic E-state index is 0.773. The van der Waals surface area contributed by atoms with Crippen LogP contribution in [0.3, 0.4) is 0 Å². The fourth-order valence-electron chi connectivity index (χ4n) is 2.18. The molecule has 0 saturated heterocycles. The Morgan fingerprint density at radius 3 is 2.79 bits per heavy atom. The molecule has 1 N–H and O–H groups in total. The molecule has 0 amide bonds. The summed E-state index contributed by atoms with van der Waals surface area (Å²) >= 11 is 5.38. The summed E-state index contributed by atoms with van der Waals surface area (Å²) in [5.41, 5.74) is 2.17. The van der Waals surface area contributed by atoms with Gasteiger partial charge in [-0.3, -0.25) is 0 Å². The van der Waals surface area contributed by atoms with Gasteiger partial charge in [0.25, 0.3) is 0 Å². The fourth-order valence-corrected chi connectivity index (χ4v) is 2.48. The number of hydrogen-bond acceptors (Lipinski definition) is 3. The van der Waals surface area contributed by atoms with Crippen molar-refractivity contribution in [3.8, 4) is 5.75 Å². The number of aromatic amines is 1. The maximum atomic E-state index is 5.38. The van der Waals surface area contributed by atoms with Crippen LogP contribution in [0, 0.1) is 4.77 Å². The SMILES string of the molecule is COCCCCCn1c(=S)[nH]c2cc(OC)ccc21. The lowest BCUT2D eigenvalue weighted by atomic mass is 10.2. The maximum absolute atomic E-state index is 5.38. The summed E-state index contributed by atoms with van der Waals surface area (Å²) in [6.45, 7) is 1.77. The molecule has 0 fully saturated rings. The van der Waals surface area contributed by atoms with Gasteiger partial charge in [0.2, 0.25) is 0 Å². The van der Waals surface area contributed by atoms with Crippen molar-refractivity contribution in [1.29, 1.82) is 0 Å². The van der Waals surface area contributed by atoms with Gasteiger partial charge in [0.1, 0.15) is 5.75 Å². The van der Waals surface area contributed by atoms with Gasteiger partial charge in [0.15, 0.2) is 4.77 Å². The molecule has 0 aliphatic rings. The molecule has 0 atom stereocenters. The number of H-pyrrole nitrogens is 1. The lowest BCUT2D eigenvalue weighted by molar-refractivity contribution is 0.191. The van der Waals surface area contributed by atoms with Gasteiger partial charge in [0.05, 0.1) is 18.1 Å². The number of methoxy groups -OCH3 is 2. The highest BCUT2D eigenvalue weighted by molar-refractivity contribution is 7.71. The topological polar surface area (TPSA) is 39.2 Å². The van der Waals surface area contributed by atoms with Crippen LogP contribution in [0.5, 0.6) is 5.75 Å². The van der Waals surface area contributed by atoms with Crippen LogP contribution >= 0.6 is 12.2 Å². The molecule has 0 saturated carbocycles. The van der Waals surface area contributed by atoms with Crippen LogP contribution in [0.15, 0.2) is 18.2 Å². The van der Waals surface area contributed by atoms with Gasteiger partial charge < -0.3 is 19.0 Å². The first kappa shape index (κ1) is 14.1. The van der Waals surface area contributed by atoms with E-state index in [2.05, 4.69) is 15.6 Å².